The van der Waals surface area contributed by atoms with E-state index in [1.165, 1.54) is 0 Å². The first-order valence-electron chi connectivity index (χ1n) is 9.55. The summed E-state index contributed by atoms with van der Waals surface area (Å²) in [5.74, 6) is -0.474. The molecule has 3 rings (SSSR count). The lowest BCUT2D eigenvalue weighted by Crippen LogP contribution is -2.45. The third-order valence-electron chi connectivity index (χ3n) is 5.55. The first-order valence-corrected chi connectivity index (χ1v) is 9.55. The van der Waals surface area contributed by atoms with Crippen LogP contribution in [0.4, 0.5) is 0 Å². The van der Waals surface area contributed by atoms with Crippen LogP contribution in [0.5, 0.6) is 0 Å². The summed E-state index contributed by atoms with van der Waals surface area (Å²) in [5.41, 5.74) is 1.35. The SMILES string of the molecule is CN1CCCN(CC(=O)N2CCC[C@@H](c3cccc(C(=O)O)c3)C2)CC1. The Labute approximate surface area is 155 Å². The van der Waals surface area contributed by atoms with E-state index < -0.39 is 5.97 Å². The molecule has 2 aliphatic heterocycles. The summed E-state index contributed by atoms with van der Waals surface area (Å²) < 4.78 is 0. The van der Waals surface area contributed by atoms with Crippen LogP contribution in [0.1, 0.15) is 41.1 Å². The van der Waals surface area contributed by atoms with Crippen molar-refractivity contribution in [3.8, 4) is 0 Å². The monoisotopic (exact) mass is 359 g/mol. The Morgan fingerprint density at radius 3 is 2.77 bits per heavy atom. The number of aromatic carboxylic acids is 1. The highest BCUT2D eigenvalue weighted by Gasteiger charge is 2.26. The molecule has 0 saturated carbocycles. The van der Waals surface area contributed by atoms with E-state index in [4.69, 9.17) is 0 Å². The van der Waals surface area contributed by atoms with Gasteiger partial charge in [-0.3, -0.25) is 9.69 Å². The van der Waals surface area contributed by atoms with Gasteiger partial charge in [0.1, 0.15) is 0 Å². The van der Waals surface area contributed by atoms with Gasteiger partial charge < -0.3 is 14.9 Å². The van der Waals surface area contributed by atoms with Crippen LogP contribution in [-0.4, -0.2) is 84.5 Å². The van der Waals surface area contributed by atoms with Gasteiger partial charge in [0, 0.05) is 32.1 Å². The molecule has 0 aromatic heterocycles. The van der Waals surface area contributed by atoms with Gasteiger partial charge in [-0.1, -0.05) is 12.1 Å². The maximum atomic E-state index is 12.8. The maximum Gasteiger partial charge on any atom is 0.335 e. The van der Waals surface area contributed by atoms with Crippen molar-refractivity contribution in [3.05, 3.63) is 35.4 Å². The lowest BCUT2D eigenvalue weighted by molar-refractivity contribution is -0.133. The van der Waals surface area contributed by atoms with Crippen molar-refractivity contribution >= 4 is 11.9 Å². The Balaban J connectivity index is 1.60. The van der Waals surface area contributed by atoms with Crippen molar-refractivity contribution in [1.29, 1.82) is 0 Å². The number of nitrogens with zero attached hydrogens (tertiary/aromatic N) is 3. The van der Waals surface area contributed by atoms with Crippen molar-refractivity contribution in [2.45, 2.75) is 25.2 Å². The summed E-state index contributed by atoms with van der Waals surface area (Å²) in [4.78, 5) is 30.5. The van der Waals surface area contributed by atoms with E-state index in [1.54, 1.807) is 18.2 Å². The number of carboxylic acids is 1. The minimum Gasteiger partial charge on any atom is -0.478 e. The number of benzene rings is 1. The molecule has 0 spiro atoms. The second kappa shape index (κ2) is 8.64. The van der Waals surface area contributed by atoms with Crippen LogP contribution in [0.3, 0.4) is 0 Å². The van der Waals surface area contributed by atoms with E-state index in [1.807, 2.05) is 11.0 Å². The lowest BCUT2D eigenvalue weighted by atomic mass is 9.89. The van der Waals surface area contributed by atoms with E-state index in [0.717, 1.165) is 57.5 Å². The van der Waals surface area contributed by atoms with Gasteiger partial charge in [0.2, 0.25) is 5.91 Å². The maximum absolute atomic E-state index is 12.8. The minimum atomic E-state index is -0.901. The van der Waals surface area contributed by atoms with E-state index in [2.05, 4.69) is 16.8 Å². The predicted octanol–water partition coefficient (Wildman–Crippen LogP) is 1.73. The molecule has 2 saturated heterocycles. The molecule has 2 fully saturated rings. The van der Waals surface area contributed by atoms with Gasteiger partial charge in [0.25, 0.3) is 0 Å². The molecule has 0 unspecified atom stereocenters. The highest BCUT2D eigenvalue weighted by molar-refractivity contribution is 5.87. The summed E-state index contributed by atoms with van der Waals surface area (Å²) >= 11 is 0. The topological polar surface area (TPSA) is 64.1 Å². The first-order chi connectivity index (χ1) is 12.5. The van der Waals surface area contributed by atoms with Gasteiger partial charge in [-0.25, -0.2) is 4.79 Å². The van der Waals surface area contributed by atoms with Crippen LogP contribution in [0.25, 0.3) is 0 Å². The van der Waals surface area contributed by atoms with Gasteiger partial charge in [0.15, 0.2) is 0 Å². The minimum absolute atomic E-state index is 0.202. The zero-order valence-electron chi connectivity index (χ0n) is 15.6. The van der Waals surface area contributed by atoms with E-state index in [0.29, 0.717) is 18.7 Å². The number of hydrogen-bond acceptors (Lipinski definition) is 4. The summed E-state index contributed by atoms with van der Waals surface area (Å²) in [6.45, 7) is 6.02. The molecule has 1 N–H and O–H groups in total. The van der Waals surface area contributed by atoms with Gasteiger partial charge in [-0.2, -0.15) is 0 Å². The zero-order chi connectivity index (χ0) is 18.5. The van der Waals surface area contributed by atoms with Crippen LogP contribution in [0, 0.1) is 0 Å². The molecule has 0 radical (unpaired) electrons. The van der Waals surface area contributed by atoms with Crippen molar-refractivity contribution < 1.29 is 14.7 Å². The molecule has 0 aliphatic carbocycles. The van der Waals surface area contributed by atoms with Gasteiger partial charge in [-0.05, 0) is 57.1 Å². The Morgan fingerprint density at radius 2 is 1.96 bits per heavy atom. The smallest absolute Gasteiger partial charge is 0.335 e. The van der Waals surface area contributed by atoms with Crippen LogP contribution >= 0.6 is 0 Å². The van der Waals surface area contributed by atoms with E-state index in [-0.39, 0.29) is 11.8 Å². The Kier molecular flexibility index (Phi) is 6.27. The number of hydrogen-bond donors (Lipinski definition) is 1. The standard InChI is InChI=1S/C20H29N3O3/c1-21-8-4-9-22(12-11-21)15-19(24)23-10-3-7-18(14-23)16-5-2-6-17(13-16)20(25)26/h2,5-6,13,18H,3-4,7-12,14-15H2,1H3,(H,25,26)/t18-/m1/s1. The molecule has 2 heterocycles. The lowest BCUT2D eigenvalue weighted by Gasteiger charge is -2.34. The molecular formula is C20H29N3O3. The second-order valence-corrected chi connectivity index (χ2v) is 7.54. The predicted molar refractivity (Wildman–Crippen MR) is 101 cm³/mol. The molecule has 0 bridgehead atoms. The summed E-state index contributed by atoms with van der Waals surface area (Å²) in [5, 5.41) is 9.20. The van der Waals surface area contributed by atoms with Crippen molar-refractivity contribution in [2.24, 2.45) is 0 Å². The van der Waals surface area contributed by atoms with Crippen LogP contribution in [0.15, 0.2) is 24.3 Å². The molecule has 142 valence electrons. The Hall–Kier alpha value is -1.92. The molecule has 1 amide bonds. The van der Waals surface area contributed by atoms with Gasteiger partial charge >= 0.3 is 5.97 Å². The molecule has 2 aliphatic rings. The number of rotatable bonds is 4. The first kappa shape index (κ1) is 18.9. The van der Waals surface area contributed by atoms with Crippen LogP contribution in [-0.2, 0) is 4.79 Å². The number of likely N-dealkylation sites (N-methyl/N-ethyl adjacent to an activating group) is 1. The fourth-order valence-electron chi connectivity index (χ4n) is 3.95. The third-order valence-corrected chi connectivity index (χ3v) is 5.55. The Morgan fingerprint density at radius 1 is 1.12 bits per heavy atom. The fraction of sp³-hybridized carbons (Fsp3) is 0.600. The van der Waals surface area contributed by atoms with E-state index >= 15 is 0 Å². The third kappa shape index (κ3) is 4.83. The molecule has 6 heteroatoms. The molecule has 6 nitrogen and oxygen atoms in total. The number of carboxylic acid groups (broad SMARTS) is 1. The summed E-state index contributed by atoms with van der Waals surface area (Å²) in [7, 11) is 2.13. The Bertz CT molecular complexity index is 649. The number of piperidine rings is 1. The van der Waals surface area contributed by atoms with Gasteiger partial charge in [-0.15, -0.1) is 0 Å². The highest BCUT2D eigenvalue weighted by atomic mass is 16.4. The van der Waals surface area contributed by atoms with Crippen molar-refractivity contribution in [3.63, 3.8) is 0 Å². The molecule has 26 heavy (non-hydrogen) atoms. The van der Waals surface area contributed by atoms with Crippen molar-refractivity contribution in [2.75, 3.05) is 52.9 Å². The fourth-order valence-corrected chi connectivity index (χ4v) is 3.95. The zero-order valence-corrected chi connectivity index (χ0v) is 15.6. The average molecular weight is 359 g/mol. The van der Waals surface area contributed by atoms with Crippen LogP contribution < -0.4 is 0 Å². The quantitative estimate of drug-likeness (QED) is 0.887. The molecule has 1 aromatic carbocycles. The van der Waals surface area contributed by atoms with Crippen molar-refractivity contribution in [1.82, 2.24) is 14.7 Å². The molecular weight excluding hydrogens is 330 g/mol. The largest absolute Gasteiger partial charge is 0.478 e. The second-order valence-electron chi connectivity index (χ2n) is 7.54. The normalized spacial score (nSPS) is 22.8. The van der Waals surface area contributed by atoms with E-state index in [9.17, 15) is 14.7 Å². The number of carbonyl (C=O) groups is 2. The molecule has 1 aromatic rings. The molecule has 1 atom stereocenters. The van der Waals surface area contributed by atoms with Crippen LogP contribution in [0.2, 0.25) is 0 Å². The number of likely N-dealkylation sites (tertiary alicyclic amines) is 1. The summed E-state index contributed by atoms with van der Waals surface area (Å²) in [6.07, 6.45) is 3.08. The number of carbonyl (C=O) groups excluding carboxylic acids is 1. The average Bonchev–Trinajstić information content (AvgIpc) is 2.86. The van der Waals surface area contributed by atoms with Gasteiger partial charge in [0.05, 0.1) is 12.1 Å². The highest BCUT2D eigenvalue weighted by Crippen LogP contribution is 2.27. The number of amides is 1. The summed E-state index contributed by atoms with van der Waals surface area (Å²) in [6, 6.07) is 7.16.